The lowest BCUT2D eigenvalue weighted by molar-refractivity contribution is 0.0683. The first kappa shape index (κ1) is 28.2. The number of aryl methyl sites for hydroxylation is 1. The number of aliphatic imine (C=N–C) groups is 1. The first-order valence-electron chi connectivity index (χ1n) is 11.0. The summed E-state index contributed by atoms with van der Waals surface area (Å²) in [5.74, 6) is 3.27. The number of rotatable bonds is 12. The van der Waals surface area contributed by atoms with E-state index in [9.17, 15) is 0 Å². The normalized spacial score (nSPS) is 12.4. The van der Waals surface area contributed by atoms with Crippen LogP contribution in [0, 0.1) is 12.8 Å². The van der Waals surface area contributed by atoms with Crippen LogP contribution in [-0.4, -0.2) is 36.4 Å². The summed E-state index contributed by atoms with van der Waals surface area (Å²) in [7, 11) is 1.73. The van der Waals surface area contributed by atoms with Crippen molar-refractivity contribution >= 4 is 29.9 Å². The fourth-order valence-electron chi connectivity index (χ4n) is 3.00. The standard InChI is InChI=1S/C23H37N5O3.HI/c1-7-29-18(5)22-27-21(31-28-22)15-26-23(24-6)25-14-19-11-10-17(4)13-20(19)30-12-8-9-16(2)3;/h10-11,13,16,18H,7-9,12,14-15H2,1-6H3,(H2,24,25,26);1H. The topological polar surface area (TPSA) is 93.8 Å². The molecule has 9 heteroatoms. The summed E-state index contributed by atoms with van der Waals surface area (Å²) in [6, 6.07) is 6.27. The number of halogens is 1. The van der Waals surface area contributed by atoms with Crippen molar-refractivity contribution in [2.75, 3.05) is 20.3 Å². The SMILES string of the molecule is CCOC(C)c1noc(CNC(=NC)NCc2ccc(C)cc2OCCCC(C)C)n1.I. The summed E-state index contributed by atoms with van der Waals surface area (Å²) in [4.78, 5) is 8.63. The van der Waals surface area contributed by atoms with Gasteiger partial charge in [0.2, 0.25) is 5.89 Å². The molecule has 0 saturated carbocycles. The predicted octanol–water partition coefficient (Wildman–Crippen LogP) is 4.77. The maximum atomic E-state index is 6.06. The van der Waals surface area contributed by atoms with E-state index in [-0.39, 0.29) is 30.1 Å². The second kappa shape index (κ2) is 15.0. The van der Waals surface area contributed by atoms with Crippen LogP contribution in [0.2, 0.25) is 0 Å². The van der Waals surface area contributed by atoms with Gasteiger partial charge in [0.05, 0.1) is 13.2 Å². The molecular formula is C23H38IN5O3. The van der Waals surface area contributed by atoms with Crippen molar-refractivity contribution in [3.05, 3.63) is 41.0 Å². The Hall–Kier alpha value is -1.88. The molecule has 0 spiro atoms. The monoisotopic (exact) mass is 559 g/mol. The molecule has 2 aromatic rings. The van der Waals surface area contributed by atoms with E-state index in [2.05, 4.69) is 64.7 Å². The molecule has 0 radical (unpaired) electrons. The van der Waals surface area contributed by atoms with Gasteiger partial charge in [-0.1, -0.05) is 31.1 Å². The zero-order valence-corrected chi connectivity index (χ0v) is 22.4. The quantitative estimate of drug-likeness (QED) is 0.167. The van der Waals surface area contributed by atoms with Crippen LogP contribution in [0.25, 0.3) is 0 Å². The smallest absolute Gasteiger partial charge is 0.246 e. The van der Waals surface area contributed by atoms with Gasteiger partial charge >= 0.3 is 0 Å². The molecule has 0 bridgehead atoms. The number of nitrogens with zero attached hydrogens (tertiary/aromatic N) is 3. The Morgan fingerprint density at radius 2 is 1.94 bits per heavy atom. The third-order valence-electron chi connectivity index (χ3n) is 4.75. The second-order valence-electron chi connectivity index (χ2n) is 7.92. The van der Waals surface area contributed by atoms with Gasteiger partial charge in [-0.25, -0.2) is 0 Å². The second-order valence-corrected chi connectivity index (χ2v) is 7.92. The summed E-state index contributed by atoms with van der Waals surface area (Å²) >= 11 is 0. The Bertz CT molecular complexity index is 826. The minimum absolute atomic E-state index is 0. The number of benzene rings is 1. The average molecular weight is 559 g/mol. The van der Waals surface area contributed by atoms with Crippen LogP contribution < -0.4 is 15.4 Å². The van der Waals surface area contributed by atoms with Crippen molar-refractivity contribution < 1.29 is 14.0 Å². The molecule has 1 atom stereocenters. The van der Waals surface area contributed by atoms with Crippen LogP contribution in [-0.2, 0) is 17.8 Å². The summed E-state index contributed by atoms with van der Waals surface area (Å²) in [5, 5.41) is 10.5. The number of hydrogen-bond donors (Lipinski definition) is 2. The Balaban J connectivity index is 0.00000512. The fraction of sp³-hybridized carbons (Fsp3) is 0.609. The molecule has 0 aliphatic carbocycles. The molecule has 0 aliphatic heterocycles. The first-order valence-corrected chi connectivity index (χ1v) is 11.0. The van der Waals surface area contributed by atoms with Crippen molar-refractivity contribution in [3.63, 3.8) is 0 Å². The van der Waals surface area contributed by atoms with E-state index in [1.165, 1.54) is 5.56 Å². The van der Waals surface area contributed by atoms with E-state index >= 15 is 0 Å². The van der Waals surface area contributed by atoms with Crippen molar-refractivity contribution in [2.24, 2.45) is 10.9 Å². The third kappa shape index (κ3) is 9.72. The van der Waals surface area contributed by atoms with Gasteiger partial charge in [0.15, 0.2) is 11.8 Å². The molecule has 180 valence electrons. The van der Waals surface area contributed by atoms with E-state index in [1.54, 1.807) is 7.05 Å². The van der Waals surface area contributed by atoms with Gasteiger partial charge in [-0.05, 0) is 51.2 Å². The Morgan fingerprint density at radius 1 is 1.19 bits per heavy atom. The largest absolute Gasteiger partial charge is 0.493 e. The van der Waals surface area contributed by atoms with Crippen LogP contribution in [0.1, 0.15) is 69.5 Å². The Labute approximate surface area is 209 Å². The van der Waals surface area contributed by atoms with Gasteiger partial charge in [-0.15, -0.1) is 24.0 Å². The highest BCUT2D eigenvalue weighted by atomic mass is 127. The molecule has 1 heterocycles. The molecule has 8 nitrogen and oxygen atoms in total. The molecule has 0 saturated heterocycles. The lowest BCUT2D eigenvalue weighted by atomic mass is 10.1. The molecule has 1 aromatic heterocycles. The lowest BCUT2D eigenvalue weighted by Gasteiger charge is -2.15. The highest BCUT2D eigenvalue weighted by Crippen LogP contribution is 2.21. The van der Waals surface area contributed by atoms with Crippen molar-refractivity contribution in [2.45, 2.75) is 66.7 Å². The maximum absolute atomic E-state index is 6.06. The van der Waals surface area contributed by atoms with E-state index in [1.807, 2.05) is 13.8 Å². The number of hydrogen-bond acceptors (Lipinski definition) is 6. The predicted molar refractivity (Wildman–Crippen MR) is 138 cm³/mol. The molecule has 0 fully saturated rings. The van der Waals surface area contributed by atoms with Crippen LogP contribution in [0.15, 0.2) is 27.7 Å². The van der Waals surface area contributed by atoms with Crippen molar-refractivity contribution in [1.29, 1.82) is 0 Å². The van der Waals surface area contributed by atoms with Crippen LogP contribution in [0.3, 0.4) is 0 Å². The van der Waals surface area contributed by atoms with Gasteiger partial charge < -0.3 is 24.6 Å². The highest BCUT2D eigenvalue weighted by molar-refractivity contribution is 14.0. The Morgan fingerprint density at radius 3 is 2.62 bits per heavy atom. The van der Waals surface area contributed by atoms with E-state index < -0.39 is 0 Å². The Kier molecular flexibility index (Phi) is 13.2. The van der Waals surface area contributed by atoms with E-state index in [4.69, 9.17) is 14.0 Å². The van der Waals surface area contributed by atoms with Crippen LogP contribution in [0.4, 0.5) is 0 Å². The minimum Gasteiger partial charge on any atom is -0.493 e. The summed E-state index contributed by atoms with van der Waals surface area (Å²) in [6.07, 6.45) is 2.02. The summed E-state index contributed by atoms with van der Waals surface area (Å²) < 4.78 is 16.8. The van der Waals surface area contributed by atoms with Gasteiger partial charge in [0.25, 0.3) is 0 Å². The molecule has 0 amide bonds. The zero-order valence-electron chi connectivity index (χ0n) is 20.1. The van der Waals surface area contributed by atoms with Crippen LogP contribution in [0.5, 0.6) is 5.75 Å². The lowest BCUT2D eigenvalue weighted by Crippen LogP contribution is -2.36. The molecule has 1 aromatic carbocycles. The molecule has 0 aliphatic rings. The fourth-order valence-corrected chi connectivity index (χ4v) is 3.00. The van der Waals surface area contributed by atoms with Gasteiger partial charge in [-0.2, -0.15) is 4.98 Å². The van der Waals surface area contributed by atoms with Gasteiger partial charge in [0, 0.05) is 25.8 Å². The number of ether oxygens (including phenoxy) is 2. The number of nitrogens with one attached hydrogen (secondary N) is 2. The molecular weight excluding hydrogens is 521 g/mol. The molecule has 32 heavy (non-hydrogen) atoms. The van der Waals surface area contributed by atoms with E-state index in [0.29, 0.717) is 43.3 Å². The minimum atomic E-state index is -0.194. The van der Waals surface area contributed by atoms with Crippen molar-refractivity contribution in [3.8, 4) is 5.75 Å². The first-order chi connectivity index (χ1) is 14.9. The third-order valence-corrected chi connectivity index (χ3v) is 4.75. The number of aromatic nitrogens is 2. The zero-order chi connectivity index (χ0) is 22.6. The molecule has 2 N–H and O–H groups in total. The van der Waals surface area contributed by atoms with Gasteiger partial charge in [0.1, 0.15) is 11.9 Å². The highest BCUT2D eigenvalue weighted by Gasteiger charge is 2.14. The van der Waals surface area contributed by atoms with Crippen LogP contribution >= 0.6 is 24.0 Å². The van der Waals surface area contributed by atoms with E-state index in [0.717, 1.165) is 30.8 Å². The molecule has 2 rings (SSSR count). The van der Waals surface area contributed by atoms with Crippen molar-refractivity contribution in [1.82, 2.24) is 20.8 Å². The molecule has 1 unspecified atom stereocenters. The van der Waals surface area contributed by atoms with Gasteiger partial charge in [-0.3, -0.25) is 4.99 Å². The summed E-state index contributed by atoms with van der Waals surface area (Å²) in [5.41, 5.74) is 2.27. The average Bonchev–Trinajstić information content (AvgIpc) is 3.21. The summed E-state index contributed by atoms with van der Waals surface area (Å²) in [6.45, 7) is 12.7. The maximum Gasteiger partial charge on any atom is 0.246 e. The number of guanidine groups is 1.